The minimum Gasteiger partial charge on any atom is -0.362 e. The van der Waals surface area contributed by atoms with E-state index in [1.165, 1.54) is 11.8 Å². The van der Waals surface area contributed by atoms with Crippen LogP contribution in [0, 0.1) is 13.8 Å². The number of hydrogen-bond donors (Lipinski definition) is 1. The second-order valence-corrected chi connectivity index (χ2v) is 6.22. The number of nitrogens with zero attached hydrogens (tertiary/aromatic N) is 2. The van der Waals surface area contributed by atoms with E-state index < -0.39 is 0 Å². The quantitative estimate of drug-likeness (QED) is 0.685. The Bertz CT molecular complexity index is 693. The molecule has 1 N–H and O–H groups in total. The lowest BCUT2D eigenvalue weighted by molar-refractivity contribution is -0.114. The van der Waals surface area contributed by atoms with Crippen LogP contribution in [-0.4, -0.2) is 19.9 Å². The largest absolute Gasteiger partial charge is 0.362 e. The summed E-state index contributed by atoms with van der Waals surface area (Å²) in [6.07, 6.45) is 3.65. The number of thioether (sulfide) groups is 1. The molecule has 1 amide bonds. The van der Waals surface area contributed by atoms with Gasteiger partial charge in [-0.3, -0.25) is 9.47 Å². The number of aryl methyl sites for hydroxylation is 2. The Morgan fingerprint density at radius 3 is 2.55 bits per heavy atom. The van der Waals surface area contributed by atoms with Crippen molar-refractivity contribution >= 4 is 40.3 Å². The van der Waals surface area contributed by atoms with Gasteiger partial charge < -0.3 is 4.98 Å². The molecule has 6 heteroatoms. The average Bonchev–Trinajstić information content (AvgIpc) is 3.08. The van der Waals surface area contributed by atoms with Gasteiger partial charge in [0.1, 0.15) is 0 Å². The highest BCUT2D eigenvalue weighted by Crippen LogP contribution is 2.32. The van der Waals surface area contributed by atoms with Crippen LogP contribution < -0.4 is 5.01 Å². The highest BCUT2D eigenvalue weighted by Gasteiger charge is 2.34. The lowest BCUT2D eigenvalue weighted by Gasteiger charge is -2.20. The molecule has 1 saturated heterocycles. The first-order valence-corrected chi connectivity index (χ1v) is 7.37. The topological polar surface area (TPSA) is 41.0 Å². The molecule has 0 atom stereocenters. The Morgan fingerprint density at radius 1 is 1.25 bits per heavy atom. The van der Waals surface area contributed by atoms with Gasteiger partial charge in [0.25, 0.3) is 5.91 Å². The molecule has 0 aliphatic carbocycles. The average molecular weight is 303 g/mol. The van der Waals surface area contributed by atoms with Crippen molar-refractivity contribution in [3.05, 3.63) is 52.4 Å². The predicted molar refractivity (Wildman–Crippen MR) is 86.1 cm³/mol. The molecule has 1 fully saturated rings. The van der Waals surface area contributed by atoms with E-state index in [0.29, 0.717) is 9.23 Å². The first-order valence-electron chi connectivity index (χ1n) is 6.14. The number of thiocarbonyl (C=S) groups is 1. The fourth-order valence-electron chi connectivity index (χ4n) is 2.18. The summed E-state index contributed by atoms with van der Waals surface area (Å²) in [4.78, 5) is 16.3. The van der Waals surface area contributed by atoms with E-state index in [-0.39, 0.29) is 5.91 Å². The second-order valence-electron chi connectivity index (χ2n) is 4.55. The van der Waals surface area contributed by atoms with Gasteiger partial charge in [0.15, 0.2) is 4.32 Å². The molecule has 0 radical (unpaired) electrons. The zero-order chi connectivity index (χ0) is 14.3. The molecule has 2 aromatic heterocycles. The van der Waals surface area contributed by atoms with Gasteiger partial charge in [-0.05, 0) is 56.4 Å². The molecular formula is C14H13N3OS2. The lowest BCUT2D eigenvalue weighted by atomic mass is 10.3. The van der Waals surface area contributed by atoms with Gasteiger partial charge in [-0.2, -0.15) is 5.01 Å². The van der Waals surface area contributed by atoms with Crippen LogP contribution in [0.3, 0.4) is 0 Å². The third kappa shape index (κ3) is 2.10. The zero-order valence-corrected chi connectivity index (χ0v) is 12.7. The number of hydrogen-bond acceptors (Lipinski definition) is 3. The molecule has 20 heavy (non-hydrogen) atoms. The molecule has 2 aromatic rings. The van der Waals surface area contributed by atoms with E-state index in [0.717, 1.165) is 17.1 Å². The van der Waals surface area contributed by atoms with E-state index in [2.05, 4.69) is 4.98 Å². The minimum atomic E-state index is -0.0861. The van der Waals surface area contributed by atoms with Crippen molar-refractivity contribution in [2.45, 2.75) is 13.8 Å². The third-order valence-electron chi connectivity index (χ3n) is 3.12. The summed E-state index contributed by atoms with van der Waals surface area (Å²) in [5, 5.41) is 1.56. The van der Waals surface area contributed by atoms with Crippen molar-refractivity contribution in [3.8, 4) is 0 Å². The number of amides is 1. The van der Waals surface area contributed by atoms with E-state index in [4.69, 9.17) is 12.2 Å². The van der Waals surface area contributed by atoms with Crippen molar-refractivity contribution in [2.75, 3.05) is 5.01 Å². The third-order valence-corrected chi connectivity index (χ3v) is 4.40. The molecule has 3 rings (SSSR count). The molecule has 1 aliphatic heterocycles. The van der Waals surface area contributed by atoms with Gasteiger partial charge in [0, 0.05) is 23.3 Å². The number of carbonyl (C=O) groups excluding carboxylic acids is 1. The summed E-state index contributed by atoms with van der Waals surface area (Å²) in [7, 11) is 0. The molecule has 3 heterocycles. The number of H-pyrrole nitrogens is 1. The SMILES string of the molecule is Cc1ccc(C)n1N1C(=O)/C(=C\c2ccc[nH]2)SC1=S. The van der Waals surface area contributed by atoms with Crippen LogP contribution in [0.1, 0.15) is 17.1 Å². The Hall–Kier alpha value is -1.79. The number of aromatic nitrogens is 2. The summed E-state index contributed by atoms with van der Waals surface area (Å²) in [6.45, 7) is 3.92. The van der Waals surface area contributed by atoms with Crippen LogP contribution >= 0.6 is 24.0 Å². The van der Waals surface area contributed by atoms with Crippen molar-refractivity contribution in [1.82, 2.24) is 9.66 Å². The van der Waals surface area contributed by atoms with E-state index in [9.17, 15) is 4.79 Å². The van der Waals surface area contributed by atoms with Gasteiger partial charge in [0.2, 0.25) is 0 Å². The smallest absolute Gasteiger partial charge is 0.285 e. The summed E-state index contributed by atoms with van der Waals surface area (Å²) in [5.41, 5.74) is 2.87. The van der Waals surface area contributed by atoms with Crippen molar-refractivity contribution in [2.24, 2.45) is 0 Å². The van der Waals surface area contributed by atoms with Crippen LogP contribution in [-0.2, 0) is 4.79 Å². The predicted octanol–water partition coefficient (Wildman–Crippen LogP) is 2.97. The fraction of sp³-hybridized carbons (Fsp3) is 0.143. The molecule has 102 valence electrons. The van der Waals surface area contributed by atoms with Crippen molar-refractivity contribution in [1.29, 1.82) is 0 Å². The highest BCUT2D eigenvalue weighted by atomic mass is 32.2. The zero-order valence-electron chi connectivity index (χ0n) is 11.1. The number of rotatable bonds is 2. The lowest BCUT2D eigenvalue weighted by Crippen LogP contribution is -2.39. The van der Waals surface area contributed by atoms with Crippen LogP contribution in [0.2, 0.25) is 0 Å². The number of carbonyl (C=O) groups is 1. The fourth-order valence-corrected chi connectivity index (χ4v) is 3.42. The summed E-state index contributed by atoms with van der Waals surface area (Å²) >= 11 is 6.68. The Morgan fingerprint density at radius 2 is 1.95 bits per heavy atom. The van der Waals surface area contributed by atoms with Gasteiger partial charge in [0.05, 0.1) is 4.91 Å². The maximum absolute atomic E-state index is 12.6. The maximum atomic E-state index is 12.6. The first-order chi connectivity index (χ1) is 9.58. The molecule has 0 spiro atoms. The van der Waals surface area contributed by atoms with Crippen LogP contribution in [0.25, 0.3) is 6.08 Å². The summed E-state index contributed by atoms with van der Waals surface area (Å²) < 4.78 is 2.41. The molecule has 1 aliphatic rings. The maximum Gasteiger partial charge on any atom is 0.285 e. The standard InChI is InChI=1S/C14H13N3OS2/c1-9-5-6-10(2)16(9)17-13(18)12(20-14(17)19)8-11-4-3-7-15-11/h3-8,15H,1-2H3/b12-8+. The molecule has 0 aromatic carbocycles. The summed E-state index contributed by atoms with van der Waals surface area (Å²) in [6, 6.07) is 7.76. The highest BCUT2D eigenvalue weighted by molar-refractivity contribution is 8.27. The normalized spacial score (nSPS) is 17.5. The second kappa shape index (κ2) is 4.96. The van der Waals surface area contributed by atoms with E-state index in [1.807, 2.05) is 55.1 Å². The van der Waals surface area contributed by atoms with E-state index in [1.54, 1.807) is 5.01 Å². The first kappa shape index (κ1) is 13.2. The van der Waals surface area contributed by atoms with Crippen molar-refractivity contribution in [3.63, 3.8) is 0 Å². The minimum absolute atomic E-state index is 0.0861. The number of aromatic amines is 1. The van der Waals surface area contributed by atoms with Crippen LogP contribution in [0.15, 0.2) is 35.4 Å². The van der Waals surface area contributed by atoms with Crippen LogP contribution in [0.5, 0.6) is 0 Å². The molecule has 0 unspecified atom stereocenters. The Kier molecular flexibility index (Phi) is 3.27. The Balaban J connectivity index is 2.00. The van der Waals surface area contributed by atoms with Crippen molar-refractivity contribution < 1.29 is 4.79 Å². The van der Waals surface area contributed by atoms with Gasteiger partial charge in [-0.25, -0.2) is 0 Å². The van der Waals surface area contributed by atoms with Gasteiger partial charge in [-0.15, -0.1) is 0 Å². The monoisotopic (exact) mass is 303 g/mol. The van der Waals surface area contributed by atoms with Crippen LogP contribution in [0.4, 0.5) is 0 Å². The van der Waals surface area contributed by atoms with Gasteiger partial charge in [-0.1, -0.05) is 11.8 Å². The molecule has 0 saturated carbocycles. The molecule has 4 nitrogen and oxygen atoms in total. The van der Waals surface area contributed by atoms with E-state index >= 15 is 0 Å². The molecular weight excluding hydrogens is 290 g/mol. The number of nitrogens with one attached hydrogen (secondary N) is 1. The molecule has 0 bridgehead atoms. The Labute approximate surface area is 126 Å². The summed E-state index contributed by atoms with van der Waals surface area (Å²) in [5.74, 6) is -0.0861. The van der Waals surface area contributed by atoms with Gasteiger partial charge >= 0.3 is 0 Å².